The Balaban J connectivity index is 1.76. The van der Waals surface area contributed by atoms with Crippen LogP contribution in [0, 0.1) is 6.92 Å². The van der Waals surface area contributed by atoms with E-state index >= 15 is 0 Å². The number of carbonyl (C=O) groups is 1. The van der Waals surface area contributed by atoms with E-state index in [1.807, 2.05) is 25.1 Å². The number of nitrogens with zero attached hydrogens (tertiary/aromatic N) is 2. The average molecular weight is 401 g/mol. The van der Waals surface area contributed by atoms with Crippen molar-refractivity contribution in [2.75, 3.05) is 19.0 Å². The van der Waals surface area contributed by atoms with Gasteiger partial charge >= 0.3 is 0 Å². The Morgan fingerprint density at radius 3 is 2.81 bits per heavy atom. The lowest BCUT2D eigenvalue weighted by Gasteiger charge is -2.05. The lowest BCUT2D eigenvalue weighted by Crippen LogP contribution is -2.20. The molecule has 142 valence electrons. The van der Waals surface area contributed by atoms with Gasteiger partial charge in [-0.2, -0.15) is 4.99 Å². The van der Waals surface area contributed by atoms with Crippen LogP contribution in [0.3, 0.4) is 0 Å². The monoisotopic (exact) mass is 400 g/mol. The van der Waals surface area contributed by atoms with Crippen molar-refractivity contribution in [3.8, 4) is 0 Å². The summed E-state index contributed by atoms with van der Waals surface area (Å²) in [5.41, 5.74) is 3.53. The van der Waals surface area contributed by atoms with Gasteiger partial charge in [-0.05, 0) is 37.1 Å². The number of benzene rings is 2. The summed E-state index contributed by atoms with van der Waals surface area (Å²) in [5, 5.41) is 0. The number of fused-ring (bicyclic) bond motifs is 1. The van der Waals surface area contributed by atoms with Gasteiger partial charge in [-0.25, -0.2) is 0 Å². The Morgan fingerprint density at radius 1 is 1.22 bits per heavy atom. The number of hydrogen-bond acceptors (Lipinski definition) is 4. The molecule has 6 heteroatoms. The van der Waals surface area contributed by atoms with E-state index in [2.05, 4.69) is 46.8 Å². The molecule has 1 amide bonds. The molecule has 0 saturated carbocycles. The molecule has 1 aromatic heterocycles. The summed E-state index contributed by atoms with van der Waals surface area (Å²) in [7, 11) is 0. The third-order valence-electron chi connectivity index (χ3n) is 4.06. The highest BCUT2D eigenvalue weighted by atomic mass is 32.2. The topological polar surface area (TPSA) is 43.6 Å². The summed E-state index contributed by atoms with van der Waals surface area (Å²) in [5.74, 6) is 1.11. The van der Waals surface area contributed by atoms with Crippen LogP contribution in [-0.2, 0) is 21.8 Å². The molecule has 0 aliphatic rings. The van der Waals surface area contributed by atoms with Gasteiger partial charge in [-0.3, -0.25) is 4.79 Å². The third kappa shape index (κ3) is 5.54. The summed E-state index contributed by atoms with van der Waals surface area (Å²) < 4.78 is 8.75. The van der Waals surface area contributed by atoms with Gasteiger partial charge in [0.15, 0.2) is 4.80 Å². The van der Waals surface area contributed by atoms with Crippen molar-refractivity contribution >= 4 is 39.2 Å². The maximum absolute atomic E-state index is 12.4. The first-order valence-electron chi connectivity index (χ1n) is 9.04. The second kappa shape index (κ2) is 9.88. The van der Waals surface area contributed by atoms with Crippen molar-refractivity contribution in [3.05, 3.63) is 64.5 Å². The highest BCUT2D eigenvalue weighted by Gasteiger charge is 2.08. The molecule has 0 saturated heterocycles. The van der Waals surface area contributed by atoms with Crippen LogP contribution in [0.5, 0.6) is 0 Å². The molecule has 1 heterocycles. The number of carbonyl (C=O) groups excluding carboxylic acids is 1. The minimum absolute atomic E-state index is 0.0932. The molecule has 4 nitrogen and oxygen atoms in total. The van der Waals surface area contributed by atoms with Gasteiger partial charge in [0.05, 0.1) is 22.6 Å². The van der Waals surface area contributed by atoms with E-state index in [9.17, 15) is 4.79 Å². The first-order valence-corrected chi connectivity index (χ1v) is 11.0. The number of hydrogen-bond donors (Lipinski definition) is 0. The van der Waals surface area contributed by atoms with E-state index < -0.39 is 0 Å². The van der Waals surface area contributed by atoms with Crippen LogP contribution in [0.2, 0.25) is 0 Å². The SMILES string of the molecule is CCOCCn1c(=NC(=O)CSCc2ccccc2)sc2cc(C)ccc21. The van der Waals surface area contributed by atoms with E-state index in [1.54, 1.807) is 23.1 Å². The van der Waals surface area contributed by atoms with Crippen LogP contribution in [-0.4, -0.2) is 29.4 Å². The molecule has 0 spiro atoms. The van der Waals surface area contributed by atoms with Gasteiger partial charge in [0.1, 0.15) is 0 Å². The fourth-order valence-corrected chi connectivity index (χ4v) is 4.69. The van der Waals surface area contributed by atoms with Gasteiger partial charge in [0.25, 0.3) is 5.91 Å². The van der Waals surface area contributed by atoms with Crippen LogP contribution in [0.25, 0.3) is 10.2 Å². The van der Waals surface area contributed by atoms with Crippen LogP contribution < -0.4 is 4.80 Å². The molecule has 0 fully saturated rings. The number of aryl methyl sites for hydroxylation is 1. The minimum atomic E-state index is -0.0932. The zero-order valence-corrected chi connectivity index (χ0v) is 17.3. The number of aromatic nitrogens is 1. The quantitative estimate of drug-likeness (QED) is 0.526. The first kappa shape index (κ1) is 19.9. The lowest BCUT2D eigenvalue weighted by molar-refractivity contribution is -0.115. The maximum atomic E-state index is 12.4. The molecule has 0 aliphatic carbocycles. The van der Waals surface area contributed by atoms with Crippen LogP contribution in [0.1, 0.15) is 18.1 Å². The van der Waals surface area contributed by atoms with Crippen molar-refractivity contribution in [1.29, 1.82) is 0 Å². The van der Waals surface area contributed by atoms with Crippen molar-refractivity contribution in [1.82, 2.24) is 4.57 Å². The normalized spacial score (nSPS) is 12.0. The van der Waals surface area contributed by atoms with Crippen LogP contribution >= 0.6 is 23.1 Å². The molecule has 27 heavy (non-hydrogen) atoms. The summed E-state index contributed by atoms with van der Waals surface area (Å²) >= 11 is 3.16. The predicted octanol–water partition coefficient (Wildman–Crippen LogP) is 4.41. The molecule has 3 rings (SSSR count). The molecular weight excluding hydrogens is 376 g/mol. The molecular formula is C21H24N2O2S2. The number of amides is 1. The molecule has 0 N–H and O–H groups in total. The Hall–Kier alpha value is -1.89. The summed E-state index contributed by atoms with van der Waals surface area (Å²) in [6.07, 6.45) is 0. The number of thiazole rings is 1. The third-order valence-corrected chi connectivity index (χ3v) is 6.09. The van der Waals surface area contributed by atoms with E-state index in [0.29, 0.717) is 25.5 Å². The predicted molar refractivity (Wildman–Crippen MR) is 114 cm³/mol. The standard InChI is InChI=1S/C21H24N2O2S2/c1-3-25-12-11-23-18-10-9-16(2)13-19(18)27-21(23)22-20(24)15-26-14-17-7-5-4-6-8-17/h4-10,13H,3,11-12,14-15H2,1-2H3. The number of thioether (sulfide) groups is 1. The summed E-state index contributed by atoms with van der Waals surface area (Å²) in [4.78, 5) is 17.6. The molecule has 0 radical (unpaired) electrons. The number of ether oxygens (including phenoxy) is 1. The van der Waals surface area contributed by atoms with Gasteiger partial charge in [0.2, 0.25) is 0 Å². The van der Waals surface area contributed by atoms with Gasteiger partial charge in [-0.15, -0.1) is 11.8 Å². The second-order valence-corrected chi connectivity index (χ2v) is 8.18. The molecule has 3 aromatic rings. The fourth-order valence-electron chi connectivity index (χ4n) is 2.75. The van der Waals surface area contributed by atoms with E-state index in [0.717, 1.165) is 20.8 Å². The minimum Gasteiger partial charge on any atom is -0.380 e. The summed E-state index contributed by atoms with van der Waals surface area (Å²) in [6.45, 7) is 6.05. The fraction of sp³-hybridized carbons (Fsp3) is 0.333. The molecule has 0 bridgehead atoms. The largest absolute Gasteiger partial charge is 0.380 e. The summed E-state index contributed by atoms with van der Waals surface area (Å²) in [6, 6.07) is 16.5. The van der Waals surface area contributed by atoms with Gasteiger partial charge in [-0.1, -0.05) is 47.7 Å². The van der Waals surface area contributed by atoms with E-state index in [-0.39, 0.29) is 5.91 Å². The van der Waals surface area contributed by atoms with Crippen molar-refractivity contribution < 1.29 is 9.53 Å². The molecule has 0 atom stereocenters. The van der Waals surface area contributed by atoms with Crippen molar-refractivity contribution in [2.45, 2.75) is 26.1 Å². The highest BCUT2D eigenvalue weighted by molar-refractivity contribution is 7.99. The molecule has 0 aliphatic heterocycles. The van der Waals surface area contributed by atoms with E-state index in [4.69, 9.17) is 4.74 Å². The van der Waals surface area contributed by atoms with Crippen LogP contribution in [0.4, 0.5) is 0 Å². The Morgan fingerprint density at radius 2 is 2.04 bits per heavy atom. The molecule has 2 aromatic carbocycles. The van der Waals surface area contributed by atoms with Gasteiger partial charge < -0.3 is 9.30 Å². The number of rotatable bonds is 8. The van der Waals surface area contributed by atoms with Gasteiger partial charge in [0, 0.05) is 18.9 Å². The van der Waals surface area contributed by atoms with Crippen molar-refractivity contribution in [2.24, 2.45) is 4.99 Å². The second-order valence-electron chi connectivity index (χ2n) is 6.19. The van der Waals surface area contributed by atoms with E-state index in [1.165, 1.54) is 11.1 Å². The molecule has 0 unspecified atom stereocenters. The van der Waals surface area contributed by atoms with Crippen LogP contribution in [0.15, 0.2) is 53.5 Å². The Kier molecular flexibility index (Phi) is 7.26. The lowest BCUT2D eigenvalue weighted by atomic mass is 10.2. The zero-order chi connectivity index (χ0) is 19.1. The van der Waals surface area contributed by atoms with Crippen molar-refractivity contribution in [3.63, 3.8) is 0 Å². The zero-order valence-electron chi connectivity index (χ0n) is 15.7. The highest BCUT2D eigenvalue weighted by Crippen LogP contribution is 2.19. The maximum Gasteiger partial charge on any atom is 0.258 e. The smallest absolute Gasteiger partial charge is 0.258 e. The Labute approximate surface area is 167 Å². The average Bonchev–Trinajstić information content (AvgIpc) is 2.99. The first-order chi connectivity index (χ1) is 13.2. The Bertz CT molecular complexity index is 961.